The highest BCUT2D eigenvalue weighted by Gasteiger charge is 2.20. The number of carbonyl (C=O) groups excluding carboxylic acids is 2. The van der Waals surface area contributed by atoms with Gasteiger partial charge in [0, 0.05) is 40.2 Å². The van der Waals surface area contributed by atoms with E-state index in [1.54, 1.807) is 21.1 Å². The summed E-state index contributed by atoms with van der Waals surface area (Å²) in [4.78, 5) is 26.2. The monoisotopic (exact) mass is 243 g/mol. The summed E-state index contributed by atoms with van der Waals surface area (Å²) in [5.74, 6) is -0.114. The van der Waals surface area contributed by atoms with Crippen LogP contribution in [0.5, 0.6) is 0 Å². The van der Waals surface area contributed by atoms with Gasteiger partial charge in [-0.15, -0.1) is 0 Å². The normalized spacial score (nSPS) is 19.8. The summed E-state index contributed by atoms with van der Waals surface area (Å²) in [6.45, 7) is 2.15. The molecule has 0 radical (unpaired) electrons. The van der Waals surface area contributed by atoms with E-state index in [4.69, 9.17) is 4.74 Å². The summed E-state index contributed by atoms with van der Waals surface area (Å²) in [5, 5.41) is 3.21. The molecular formula is C11H21N3O3. The van der Waals surface area contributed by atoms with Crippen LogP contribution < -0.4 is 5.32 Å². The topological polar surface area (TPSA) is 61.9 Å². The average molecular weight is 243 g/mol. The largest absolute Gasteiger partial charge is 0.378 e. The van der Waals surface area contributed by atoms with Crippen LogP contribution in [0.15, 0.2) is 0 Å². The summed E-state index contributed by atoms with van der Waals surface area (Å²) in [6.07, 6.45) is 0.372. The van der Waals surface area contributed by atoms with Gasteiger partial charge in [-0.05, 0) is 0 Å². The van der Waals surface area contributed by atoms with E-state index in [1.807, 2.05) is 0 Å². The summed E-state index contributed by atoms with van der Waals surface area (Å²) < 4.78 is 5.27. The van der Waals surface area contributed by atoms with Gasteiger partial charge in [-0.3, -0.25) is 9.59 Å². The molecule has 0 aromatic heterocycles. The molecule has 1 unspecified atom stereocenters. The number of likely N-dealkylation sites (N-methyl/N-ethyl adjacent to an activating group) is 2. The van der Waals surface area contributed by atoms with Gasteiger partial charge in [-0.2, -0.15) is 0 Å². The van der Waals surface area contributed by atoms with Gasteiger partial charge in [-0.1, -0.05) is 0 Å². The van der Waals surface area contributed by atoms with E-state index >= 15 is 0 Å². The molecule has 1 atom stereocenters. The van der Waals surface area contributed by atoms with Gasteiger partial charge in [0.15, 0.2) is 0 Å². The van der Waals surface area contributed by atoms with Crippen LogP contribution in [-0.2, 0) is 14.3 Å². The summed E-state index contributed by atoms with van der Waals surface area (Å²) in [5.41, 5.74) is 0. The average Bonchev–Trinajstić information content (AvgIpc) is 2.29. The van der Waals surface area contributed by atoms with Gasteiger partial charge in [0.05, 0.1) is 19.8 Å². The third kappa shape index (κ3) is 4.70. The Balaban J connectivity index is 2.33. The minimum absolute atomic E-state index is 0.0387. The molecule has 0 aromatic carbocycles. The minimum Gasteiger partial charge on any atom is -0.378 e. The molecular weight excluding hydrogens is 222 g/mol. The van der Waals surface area contributed by atoms with Crippen molar-refractivity contribution in [3.8, 4) is 0 Å². The predicted octanol–water partition coefficient (Wildman–Crippen LogP) is -1.09. The van der Waals surface area contributed by atoms with Crippen molar-refractivity contribution in [3.05, 3.63) is 0 Å². The number of amides is 2. The number of ether oxygens (including phenoxy) is 1. The van der Waals surface area contributed by atoms with Crippen molar-refractivity contribution in [1.29, 1.82) is 0 Å². The second kappa shape index (κ2) is 6.56. The fraction of sp³-hybridized carbons (Fsp3) is 0.818. The van der Waals surface area contributed by atoms with E-state index in [0.717, 1.165) is 6.54 Å². The SMILES string of the molecule is CN(C)C(=O)CN(C)C(=O)CC1COCCN1. The number of morpholine rings is 1. The Labute approximate surface area is 102 Å². The Morgan fingerprint density at radius 1 is 1.29 bits per heavy atom. The Morgan fingerprint density at radius 2 is 2.00 bits per heavy atom. The molecule has 1 aliphatic heterocycles. The molecule has 17 heavy (non-hydrogen) atoms. The van der Waals surface area contributed by atoms with Crippen molar-refractivity contribution in [2.75, 3.05) is 47.4 Å². The molecule has 0 bridgehead atoms. The van der Waals surface area contributed by atoms with Crippen molar-refractivity contribution in [1.82, 2.24) is 15.1 Å². The Kier molecular flexibility index (Phi) is 5.37. The number of nitrogens with zero attached hydrogens (tertiary/aromatic N) is 2. The number of carbonyl (C=O) groups is 2. The number of rotatable bonds is 4. The van der Waals surface area contributed by atoms with Crippen LogP contribution in [0, 0.1) is 0 Å². The zero-order valence-electron chi connectivity index (χ0n) is 10.7. The fourth-order valence-electron chi connectivity index (χ4n) is 1.55. The molecule has 0 aromatic rings. The van der Waals surface area contributed by atoms with E-state index in [0.29, 0.717) is 19.6 Å². The molecule has 1 N–H and O–H groups in total. The van der Waals surface area contributed by atoms with Crippen molar-refractivity contribution in [3.63, 3.8) is 0 Å². The molecule has 98 valence electrons. The highest BCUT2D eigenvalue weighted by Crippen LogP contribution is 2.01. The van der Waals surface area contributed by atoms with E-state index in [9.17, 15) is 9.59 Å². The molecule has 1 heterocycles. The molecule has 1 rings (SSSR count). The van der Waals surface area contributed by atoms with Gasteiger partial charge >= 0.3 is 0 Å². The van der Waals surface area contributed by atoms with Crippen LogP contribution in [0.2, 0.25) is 0 Å². The van der Waals surface area contributed by atoms with E-state index in [-0.39, 0.29) is 24.4 Å². The van der Waals surface area contributed by atoms with Crippen LogP contribution in [0.3, 0.4) is 0 Å². The quantitative estimate of drug-likeness (QED) is 0.681. The number of hydrogen-bond donors (Lipinski definition) is 1. The van der Waals surface area contributed by atoms with Gasteiger partial charge in [0.1, 0.15) is 0 Å². The van der Waals surface area contributed by atoms with E-state index in [1.165, 1.54) is 9.80 Å². The standard InChI is InChI=1S/C11H21N3O3/c1-13(2)11(16)7-14(3)10(15)6-9-8-17-5-4-12-9/h9,12H,4-8H2,1-3H3. The smallest absolute Gasteiger partial charge is 0.241 e. The second-order valence-corrected chi connectivity index (χ2v) is 4.47. The van der Waals surface area contributed by atoms with E-state index in [2.05, 4.69) is 5.32 Å². The van der Waals surface area contributed by atoms with Crippen molar-refractivity contribution >= 4 is 11.8 Å². The lowest BCUT2D eigenvalue weighted by Crippen LogP contribution is -2.45. The highest BCUT2D eigenvalue weighted by atomic mass is 16.5. The first-order chi connectivity index (χ1) is 8.00. The minimum atomic E-state index is -0.0753. The predicted molar refractivity (Wildman–Crippen MR) is 63.6 cm³/mol. The summed E-state index contributed by atoms with van der Waals surface area (Å²) in [6, 6.07) is 0.0631. The van der Waals surface area contributed by atoms with Crippen LogP contribution in [-0.4, -0.2) is 75.1 Å². The molecule has 6 nitrogen and oxygen atoms in total. The fourth-order valence-corrected chi connectivity index (χ4v) is 1.55. The van der Waals surface area contributed by atoms with Crippen LogP contribution >= 0.6 is 0 Å². The molecule has 0 saturated carbocycles. The Hall–Kier alpha value is -1.14. The van der Waals surface area contributed by atoms with Crippen LogP contribution in [0.1, 0.15) is 6.42 Å². The Bertz CT molecular complexity index is 275. The lowest BCUT2D eigenvalue weighted by atomic mass is 10.2. The van der Waals surface area contributed by atoms with Gasteiger partial charge in [0.25, 0.3) is 0 Å². The Morgan fingerprint density at radius 3 is 2.53 bits per heavy atom. The van der Waals surface area contributed by atoms with Crippen LogP contribution in [0.4, 0.5) is 0 Å². The summed E-state index contributed by atoms with van der Waals surface area (Å²) in [7, 11) is 5.00. The number of hydrogen-bond acceptors (Lipinski definition) is 4. The zero-order chi connectivity index (χ0) is 12.8. The van der Waals surface area contributed by atoms with Gasteiger partial charge in [-0.25, -0.2) is 0 Å². The maximum absolute atomic E-state index is 11.8. The van der Waals surface area contributed by atoms with Crippen LogP contribution in [0.25, 0.3) is 0 Å². The van der Waals surface area contributed by atoms with Crippen molar-refractivity contribution in [2.45, 2.75) is 12.5 Å². The first-order valence-corrected chi connectivity index (χ1v) is 5.76. The third-order valence-electron chi connectivity index (χ3n) is 2.72. The molecule has 1 fully saturated rings. The first kappa shape index (κ1) is 13.9. The third-order valence-corrected chi connectivity index (χ3v) is 2.72. The zero-order valence-corrected chi connectivity index (χ0v) is 10.7. The molecule has 1 aliphatic rings. The van der Waals surface area contributed by atoms with Gasteiger partial charge < -0.3 is 19.9 Å². The number of nitrogens with one attached hydrogen (secondary N) is 1. The van der Waals surface area contributed by atoms with Crippen molar-refractivity contribution in [2.24, 2.45) is 0 Å². The summed E-state index contributed by atoms with van der Waals surface area (Å²) >= 11 is 0. The van der Waals surface area contributed by atoms with Gasteiger partial charge in [0.2, 0.25) is 11.8 Å². The molecule has 1 saturated heterocycles. The van der Waals surface area contributed by atoms with E-state index < -0.39 is 0 Å². The maximum atomic E-state index is 11.8. The highest BCUT2D eigenvalue weighted by molar-refractivity contribution is 5.84. The molecule has 2 amide bonds. The molecule has 6 heteroatoms. The second-order valence-electron chi connectivity index (χ2n) is 4.47. The molecule has 0 spiro atoms. The lowest BCUT2D eigenvalue weighted by molar-refractivity contribution is -0.138. The molecule has 0 aliphatic carbocycles. The maximum Gasteiger partial charge on any atom is 0.241 e. The first-order valence-electron chi connectivity index (χ1n) is 5.76. The lowest BCUT2D eigenvalue weighted by Gasteiger charge is -2.26. The van der Waals surface area contributed by atoms with Crippen molar-refractivity contribution < 1.29 is 14.3 Å².